The molecular formula is C5H10N2O3. The molecule has 5 N–H and O–H groups in total. The fourth-order valence-electron chi connectivity index (χ4n) is 0.555. The normalized spacial score (nSPS) is 12.5. The van der Waals surface area contributed by atoms with Crippen molar-refractivity contribution in [2.45, 2.75) is 18.9 Å². The lowest BCUT2D eigenvalue weighted by molar-refractivity contribution is -0.137. The van der Waals surface area contributed by atoms with Crippen LogP contribution in [0.4, 0.5) is 0 Å². The lowest BCUT2D eigenvalue weighted by atomic mass is 10.1. The number of aliphatic carboxylic acids is 1. The van der Waals surface area contributed by atoms with Crippen LogP contribution >= 0.6 is 0 Å². The number of amides is 1. The number of hydrogen-bond donors (Lipinski definition) is 3. The summed E-state index contributed by atoms with van der Waals surface area (Å²) in [6.07, 6.45) is -0.296. The first-order valence-electron chi connectivity index (χ1n) is 2.78. The first kappa shape index (κ1) is 8.90. The van der Waals surface area contributed by atoms with Crippen molar-refractivity contribution in [3.05, 3.63) is 0 Å². The van der Waals surface area contributed by atoms with E-state index in [2.05, 4.69) is 0 Å². The van der Waals surface area contributed by atoms with Gasteiger partial charge in [-0.05, 0) is 0 Å². The molecule has 0 heterocycles. The zero-order valence-electron chi connectivity index (χ0n) is 5.41. The molecule has 0 spiro atoms. The number of carbonyl (C=O) groups is 2. The van der Waals surface area contributed by atoms with E-state index >= 15 is 0 Å². The third-order valence-corrected chi connectivity index (χ3v) is 0.900. The molecule has 0 aliphatic rings. The molecule has 0 aliphatic carbocycles. The SMILES string of the molecule is NC(=O)C[C@@H](N)CC(=O)O. The van der Waals surface area contributed by atoms with Crippen LogP contribution in [0.3, 0.4) is 0 Å². The second kappa shape index (κ2) is 3.84. The Kier molecular flexibility index (Phi) is 3.42. The molecule has 0 unspecified atom stereocenters. The molecule has 0 rings (SSSR count). The highest BCUT2D eigenvalue weighted by Crippen LogP contribution is 1.92. The molecule has 1 amide bonds. The summed E-state index contributed by atoms with van der Waals surface area (Å²) in [7, 11) is 0. The number of primary amides is 1. The van der Waals surface area contributed by atoms with E-state index in [0.29, 0.717) is 0 Å². The average molecular weight is 146 g/mol. The first-order valence-corrected chi connectivity index (χ1v) is 2.78. The largest absolute Gasteiger partial charge is 0.481 e. The summed E-state index contributed by atoms with van der Waals surface area (Å²) >= 11 is 0. The van der Waals surface area contributed by atoms with Gasteiger partial charge in [-0.15, -0.1) is 0 Å². The lowest BCUT2D eigenvalue weighted by Gasteiger charge is -2.03. The maximum absolute atomic E-state index is 10.1. The zero-order valence-corrected chi connectivity index (χ0v) is 5.41. The summed E-state index contributed by atoms with van der Waals surface area (Å²) in [5.74, 6) is -1.59. The Morgan fingerprint density at radius 3 is 2.20 bits per heavy atom. The number of carboxylic acid groups (broad SMARTS) is 1. The Labute approximate surface area is 58.0 Å². The van der Waals surface area contributed by atoms with Crippen molar-refractivity contribution in [1.29, 1.82) is 0 Å². The van der Waals surface area contributed by atoms with Crippen molar-refractivity contribution in [2.75, 3.05) is 0 Å². The predicted molar refractivity (Wildman–Crippen MR) is 34.0 cm³/mol. The van der Waals surface area contributed by atoms with Crippen molar-refractivity contribution in [3.8, 4) is 0 Å². The van der Waals surface area contributed by atoms with Gasteiger partial charge in [0.2, 0.25) is 5.91 Å². The fourth-order valence-corrected chi connectivity index (χ4v) is 0.555. The maximum atomic E-state index is 10.1. The third-order valence-electron chi connectivity index (χ3n) is 0.900. The van der Waals surface area contributed by atoms with E-state index in [-0.39, 0.29) is 12.8 Å². The monoisotopic (exact) mass is 146 g/mol. The van der Waals surface area contributed by atoms with Crippen LogP contribution in [0.2, 0.25) is 0 Å². The van der Waals surface area contributed by atoms with Gasteiger partial charge in [-0.1, -0.05) is 0 Å². The van der Waals surface area contributed by atoms with Crippen LogP contribution in [0, 0.1) is 0 Å². The van der Waals surface area contributed by atoms with Gasteiger partial charge in [0.1, 0.15) is 0 Å². The summed E-state index contributed by atoms with van der Waals surface area (Å²) in [5, 5.41) is 8.16. The van der Waals surface area contributed by atoms with E-state index < -0.39 is 17.9 Å². The first-order chi connectivity index (χ1) is 4.52. The minimum Gasteiger partial charge on any atom is -0.481 e. The van der Waals surface area contributed by atoms with Crippen LogP contribution in [-0.4, -0.2) is 23.0 Å². The highest BCUT2D eigenvalue weighted by molar-refractivity contribution is 5.76. The number of rotatable bonds is 4. The topological polar surface area (TPSA) is 106 Å². The number of hydrogen-bond acceptors (Lipinski definition) is 3. The smallest absolute Gasteiger partial charge is 0.304 e. The molecule has 0 aromatic rings. The molecule has 5 nitrogen and oxygen atoms in total. The van der Waals surface area contributed by atoms with Crippen LogP contribution in [0.25, 0.3) is 0 Å². The van der Waals surface area contributed by atoms with Gasteiger partial charge in [-0.25, -0.2) is 0 Å². The van der Waals surface area contributed by atoms with Gasteiger partial charge in [-0.3, -0.25) is 9.59 Å². The van der Waals surface area contributed by atoms with E-state index in [0.717, 1.165) is 0 Å². The van der Waals surface area contributed by atoms with E-state index in [1.807, 2.05) is 0 Å². The standard InChI is InChI=1S/C5H10N2O3/c6-3(1-4(7)8)2-5(9)10/h3H,1-2,6H2,(H2,7,8)(H,9,10)/t3-/m1/s1. The van der Waals surface area contributed by atoms with Crippen molar-refractivity contribution in [2.24, 2.45) is 11.5 Å². The predicted octanol–water partition coefficient (Wildman–Crippen LogP) is -1.34. The van der Waals surface area contributed by atoms with Crippen LogP contribution in [0.1, 0.15) is 12.8 Å². The Morgan fingerprint density at radius 2 is 1.90 bits per heavy atom. The van der Waals surface area contributed by atoms with Gasteiger partial charge in [0.15, 0.2) is 0 Å². The Hall–Kier alpha value is -1.10. The zero-order chi connectivity index (χ0) is 8.15. The van der Waals surface area contributed by atoms with Gasteiger partial charge >= 0.3 is 5.97 Å². The molecule has 0 aromatic heterocycles. The van der Waals surface area contributed by atoms with Crippen LogP contribution < -0.4 is 11.5 Å². The summed E-state index contributed by atoms with van der Waals surface area (Å²) in [5.41, 5.74) is 9.95. The number of carboxylic acids is 1. The second-order valence-electron chi connectivity index (χ2n) is 2.03. The summed E-state index contributed by atoms with van der Waals surface area (Å²) < 4.78 is 0. The molecule has 1 atom stereocenters. The number of carbonyl (C=O) groups excluding carboxylic acids is 1. The van der Waals surface area contributed by atoms with E-state index in [9.17, 15) is 9.59 Å². The maximum Gasteiger partial charge on any atom is 0.304 e. The highest BCUT2D eigenvalue weighted by atomic mass is 16.4. The van der Waals surface area contributed by atoms with Gasteiger partial charge in [-0.2, -0.15) is 0 Å². The molecule has 5 heteroatoms. The molecule has 0 saturated heterocycles. The van der Waals surface area contributed by atoms with Gasteiger partial charge in [0.05, 0.1) is 6.42 Å². The Morgan fingerprint density at radius 1 is 1.40 bits per heavy atom. The summed E-state index contributed by atoms with van der Waals surface area (Å²) in [6.45, 7) is 0. The second-order valence-corrected chi connectivity index (χ2v) is 2.03. The van der Waals surface area contributed by atoms with E-state index in [1.165, 1.54) is 0 Å². The Bertz CT molecular complexity index is 130. The van der Waals surface area contributed by atoms with Crippen molar-refractivity contribution >= 4 is 11.9 Å². The van der Waals surface area contributed by atoms with Gasteiger partial charge < -0.3 is 16.6 Å². The fraction of sp³-hybridized carbons (Fsp3) is 0.600. The molecular weight excluding hydrogens is 136 g/mol. The molecule has 0 aliphatic heterocycles. The van der Waals surface area contributed by atoms with Crippen molar-refractivity contribution < 1.29 is 14.7 Å². The van der Waals surface area contributed by atoms with Gasteiger partial charge in [0.25, 0.3) is 0 Å². The van der Waals surface area contributed by atoms with Crippen molar-refractivity contribution in [1.82, 2.24) is 0 Å². The van der Waals surface area contributed by atoms with E-state index in [1.54, 1.807) is 0 Å². The van der Waals surface area contributed by atoms with Crippen molar-refractivity contribution in [3.63, 3.8) is 0 Å². The van der Waals surface area contributed by atoms with Crippen LogP contribution in [0.5, 0.6) is 0 Å². The minimum atomic E-state index is -1.02. The van der Waals surface area contributed by atoms with E-state index in [4.69, 9.17) is 16.6 Å². The highest BCUT2D eigenvalue weighted by Gasteiger charge is 2.09. The third kappa shape index (κ3) is 5.04. The summed E-state index contributed by atoms with van der Waals surface area (Å²) in [4.78, 5) is 20.1. The lowest BCUT2D eigenvalue weighted by Crippen LogP contribution is -2.29. The molecule has 0 radical (unpaired) electrons. The van der Waals surface area contributed by atoms with Crippen LogP contribution in [-0.2, 0) is 9.59 Å². The molecule has 58 valence electrons. The molecule has 0 bridgehead atoms. The number of nitrogens with two attached hydrogens (primary N) is 2. The molecule has 0 fully saturated rings. The molecule has 10 heavy (non-hydrogen) atoms. The quantitative estimate of drug-likeness (QED) is 0.456. The average Bonchev–Trinajstić information content (AvgIpc) is 1.58. The summed E-state index contributed by atoms with van der Waals surface area (Å²) in [6, 6.07) is -0.657. The molecule has 0 aromatic carbocycles. The molecule has 0 saturated carbocycles. The van der Waals surface area contributed by atoms with Gasteiger partial charge in [0, 0.05) is 12.5 Å². The Balaban J connectivity index is 3.53. The minimum absolute atomic E-state index is 0.0771. The van der Waals surface area contributed by atoms with Crippen LogP contribution in [0.15, 0.2) is 0 Å².